The van der Waals surface area contributed by atoms with E-state index in [1.807, 2.05) is 18.2 Å². The Balaban J connectivity index is 1.61. The van der Waals surface area contributed by atoms with Gasteiger partial charge in [-0.25, -0.2) is 0 Å². The highest BCUT2D eigenvalue weighted by atomic mass is 16.5. The number of benzene rings is 1. The molecule has 0 aromatic heterocycles. The van der Waals surface area contributed by atoms with Gasteiger partial charge in [0.05, 0.1) is 0 Å². The molecule has 0 amide bonds. The number of hydrogen-bond donors (Lipinski definition) is 2. The van der Waals surface area contributed by atoms with Crippen LogP contribution in [0.15, 0.2) is 29.3 Å². The Labute approximate surface area is 115 Å². The van der Waals surface area contributed by atoms with Gasteiger partial charge >= 0.3 is 0 Å². The zero-order valence-electron chi connectivity index (χ0n) is 11.6. The molecule has 104 valence electrons. The van der Waals surface area contributed by atoms with Crippen LogP contribution in [0.3, 0.4) is 0 Å². The molecule has 0 radical (unpaired) electrons. The van der Waals surface area contributed by atoms with Crippen LogP contribution in [0.2, 0.25) is 0 Å². The van der Waals surface area contributed by atoms with Gasteiger partial charge in [-0.15, -0.1) is 0 Å². The highest BCUT2D eigenvalue weighted by Crippen LogP contribution is 2.28. The van der Waals surface area contributed by atoms with Gasteiger partial charge < -0.3 is 15.8 Å². The average Bonchev–Trinajstić information content (AvgIpc) is 3.17. The van der Waals surface area contributed by atoms with E-state index < -0.39 is 0 Å². The highest BCUT2D eigenvalue weighted by Gasteiger charge is 2.20. The SMILES string of the molecule is Cc1cccc(NC(N)=NCCCOCC2CC2)c1. The highest BCUT2D eigenvalue weighted by molar-refractivity contribution is 5.92. The summed E-state index contributed by atoms with van der Waals surface area (Å²) in [5.74, 6) is 1.30. The minimum atomic E-state index is 0.466. The van der Waals surface area contributed by atoms with Gasteiger partial charge in [-0.1, -0.05) is 12.1 Å². The van der Waals surface area contributed by atoms with E-state index in [9.17, 15) is 0 Å². The second kappa shape index (κ2) is 7.14. The van der Waals surface area contributed by atoms with E-state index in [1.54, 1.807) is 0 Å². The van der Waals surface area contributed by atoms with Crippen LogP contribution in [0.1, 0.15) is 24.8 Å². The van der Waals surface area contributed by atoms with Crippen molar-refractivity contribution in [3.05, 3.63) is 29.8 Å². The van der Waals surface area contributed by atoms with Crippen LogP contribution < -0.4 is 11.1 Å². The average molecular weight is 261 g/mol. The Hall–Kier alpha value is -1.55. The lowest BCUT2D eigenvalue weighted by molar-refractivity contribution is 0.123. The van der Waals surface area contributed by atoms with Gasteiger partial charge in [0, 0.05) is 25.4 Å². The molecule has 0 heterocycles. The molecule has 3 N–H and O–H groups in total. The predicted octanol–water partition coefficient (Wildman–Crippen LogP) is 2.54. The number of nitrogens with zero attached hydrogens (tertiary/aromatic N) is 1. The maximum absolute atomic E-state index is 5.83. The number of rotatable bonds is 7. The van der Waals surface area contributed by atoms with Crippen LogP contribution in [0.5, 0.6) is 0 Å². The first-order chi connectivity index (χ1) is 9.24. The first-order valence-electron chi connectivity index (χ1n) is 6.95. The van der Waals surface area contributed by atoms with Gasteiger partial charge in [0.15, 0.2) is 5.96 Å². The fraction of sp³-hybridized carbons (Fsp3) is 0.533. The zero-order valence-corrected chi connectivity index (χ0v) is 11.6. The van der Waals surface area contributed by atoms with E-state index in [0.29, 0.717) is 12.5 Å². The molecular weight excluding hydrogens is 238 g/mol. The lowest BCUT2D eigenvalue weighted by Crippen LogP contribution is -2.23. The van der Waals surface area contributed by atoms with Crippen molar-refractivity contribution in [2.45, 2.75) is 26.2 Å². The summed E-state index contributed by atoms with van der Waals surface area (Å²) >= 11 is 0. The number of hydrogen-bond acceptors (Lipinski definition) is 2. The van der Waals surface area contributed by atoms with Gasteiger partial charge in [-0.2, -0.15) is 0 Å². The number of anilines is 1. The van der Waals surface area contributed by atoms with E-state index in [0.717, 1.165) is 31.2 Å². The Bertz CT molecular complexity index is 427. The molecule has 1 aromatic carbocycles. The molecule has 1 aromatic rings. The Morgan fingerprint density at radius 3 is 3.05 bits per heavy atom. The first kappa shape index (κ1) is 13.9. The number of ether oxygens (including phenoxy) is 1. The van der Waals surface area contributed by atoms with Crippen LogP contribution >= 0.6 is 0 Å². The van der Waals surface area contributed by atoms with E-state index in [1.165, 1.54) is 18.4 Å². The molecule has 1 fully saturated rings. The molecule has 2 rings (SSSR count). The molecule has 0 unspecified atom stereocenters. The molecule has 1 saturated carbocycles. The lowest BCUT2D eigenvalue weighted by Gasteiger charge is -2.06. The van der Waals surface area contributed by atoms with Crippen molar-refractivity contribution >= 4 is 11.6 Å². The molecule has 0 spiro atoms. The molecule has 0 aliphatic heterocycles. The Morgan fingerprint density at radius 2 is 2.32 bits per heavy atom. The summed E-state index contributed by atoms with van der Waals surface area (Å²) in [6.07, 6.45) is 3.60. The van der Waals surface area contributed by atoms with E-state index in [-0.39, 0.29) is 0 Å². The number of guanidine groups is 1. The standard InChI is InChI=1S/C15H23N3O/c1-12-4-2-5-14(10-12)18-15(16)17-8-3-9-19-11-13-6-7-13/h2,4-5,10,13H,3,6-9,11H2,1H3,(H3,16,17,18). The Morgan fingerprint density at radius 1 is 1.47 bits per heavy atom. The molecule has 4 nitrogen and oxygen atoms in total. The maximum atomic E-state index is 5.83. The molecule has 0 bridgehead atoms. The minimum Gasteiger partial charge on any atom is -0.381 e. The smallest absolute Gasteiger partial charge is 0.193 e. The van der Waals surface area contributed by atoms with Crippen LogP contribution in [-0.2, 0) is 4.74 Å². The second-order valence-electron chi connectivity index (χ2n) is 5.13. The van der Waals surface area contributed by atoms with Gasteiger partial charge in [0.1, 0.15) is 0 Å². The molecule has 1 aliphatic carbocycles. The molecule has 4 heteroatoms. The molecule has 1 aliphatic rings. The quantitative estimate of drug-likeness (QED) is 0.450. The van der Waals surface area contributed by atoms with Gasteiger partial charge in [-0.05, 0) is 49.8 Å². The minimum absolute atomic E-state index is 0.466. The van der Waals surface area contributed by atoms with E-state index in [4.69, 9.17) is 10.5 Å². The lowest BCUT2D eigenvalue weighted by atomic mass is 10.2. The number of aryl methyl sites for hydroxylation is 1. The second-order valence-corrected chi connectivity index (χ2v) is 5.13. The summed E-state index contributed by atoms with van der Waals surface area (Å²) in [5.41, 5.74) is 8.01. The third-order valence-corrected chi connectivity index (χ3v) is 3.07. The van der Waals surface area contributed by atoms with Crippen LogP contribution in [0, 0.1) is 12.8 Å². The van der Waals surface area contributed by atoms with Crippen molar-refractivity contribution in [3.8, 4) is 0 Å². The fourth-order valence-electron chi connectivity index (χ4n) is 1.81. The summed E-state index contributed by atoms with van der Waals surface area (Å²) < 4.78 is 5.54. The van der Waals surface area contributed by atoms with Crippen LogP contribution in [-0.4, -0.2) is 25.7 Å². The summed E-state index contributed by atoms with van der Waals surface area (Å²) in [6, 6.07) is 8.07. The fourth-order valence-corrected chi connectivity index (χ4v) is 1.81. The molecule has 0 saturated heterocycles. The number of nitrogens with two attached hydrogens (primary N) is 1. The summed E-state index contributed by atoms with van der Waals surface area (Å²) in [4.78, 5) is 4.28. The van der Waals surface area contributed by atoms with Gasteiger partial charge in [0.25, 0.3) is 0 Å². The van der Waals surface area contributed by atoms with Crippen molar-refractivity contribution in [1.29, 1.82) is 0 Å². The molecule has 19 heavy (non-hydrogen) atoms. The number of nitrogens with one attached hydrogen (secondary N) is 1. The van der Waals surface area contributed by atoms with Crippen LogP contribution in [0.4, 0.5) is 5.69 Å². The summed E-state index contributed by atoms with van der Waals surface area (Å²) in [5, 5.41) is 3.09. The predicted molar refractivity (Wildman–Crippen MR) is 79.5 cm³/mol. The topological polar surface area (TPSA) is 59.6 Å². The molecular formula is C15H23N3O. The monoisotopic (exact) mass is 261 g/mol. The molecule has 0 atom stereocenters. The van der Waals surface area contributed by atoms with Crippen molar-refractivity contribution in [2.75, 3.05) is 25.1 Å². The van der Waals surface area contributed by atoms with Gasteiger partial charge in [0.2, 0.25) is 0 Å². The first-order valence-corrected chi connectivity index (χ1v) is 6.95. The maximum Gasteiger partial charge on any atom is 0.193 e. The van der Waals surface area contributed by atoms with Crippen molar-refractivity contribution < 1.29 is 4.74 Å². The largest absolute Gasteiger partial charge is 0.381 e. The summed E-state index contributed by atoms with van der Waals surface area (Å²) in [7, 11) is 0. The van der Waals surface area contributed by atoms with Crippen LogP contribution in [0.25, 0.3) is 0 Å². The van der Waals surface area contributed by atoms with Crippen molar-refractivity contribution in [2.24, 2.45) is 16.6 Å². The van der Waals surface area contributed by atoms with E-state index >= 15 is 0 Å². The van der Waals surface area contributed by atoms with Crippen molar-refractivity contribution in [1.82, 2.24) is 0 Å². The number of aliphatic imine (C=N–C) groups is 1. The van der Waals surface area contributed by atoms with Gasteiger partial charge in [-0.3, -0.25) is 4.99 Å². The third kappa shape index (κ3) is 5.75. The zero-order chi connectivity index (χ0) is 13.5. The Kier molecular flexibility index (Phi) is 5.21. The third-order valence-electron chi connectivity index (χ3n) is 3.07. The normalized spacial score (nSPS) is 15.5. The van der Waals surface area contributed by atoms with Crippen molar-refractivity contribution in [3.63, 3.8) is 0 Å². The van der Waals surface area contributed by atoms with E-state index in [2.05, 4.69) is 23.3 Å². The summed E-state index contributed by atoms with van der Waals surface area (Å²) in [6.45, 7) is 4.45.